The van der Waals surface area contributed by atoms with E-state index < -0.39 is 0 Å². The summed E-state index contributed by atoms with van der Waals surface area (Å²) >= 11 is 5.96. The van der Waals surface area contributed by atoms with E-state index in [9.17, 15) is 4.79 Å². The van der Waals surface area contributed by atoms with Crippen molar-refractivity contribution < 1.29 is 9.53 Å². The Bertz CT molecular complexity index is 718. The van der Waals surface area contributed by atoms with Gasteiger partial charge in [0.2, 0.25) is 0 Å². The smallest absolute Gasteiger partial charge is 0.255 e. The van der Waals surface area contributed by atoms with Crippen molar-refractivity contribution in [3.63, 3.8) is 0 Å². The van der Waals surface area contributed by atoms with Crippen molar-refractivity contribution >= 4 is 23.3 Å². The first-order valence-corrected chi connectivity index (χ1v) is 8.80. The molecule has 1 amide bonds. The number of morpholine rings is 1. The SMILES string of the molecule is CCN(C)C(=O)c1ccc(N2CCO[C@@H](c3ccc(Cl)cc3)C2)nc1. The van der Waals surface area contributed by atoms with E-state index in [1.54, 1.807) is 18.1 Å². The lowest BCUT2D eigenvalue weighted by Crippen LogP contribution is -2.38. The molecular formula is C19H22ClN3O2. The molecule has 1 aromatic carbocycles. The van der Waals surface area contributed by atoms with Gasteiger partial charge in [0.1, 0.15) is 11.9 Å². The molecule has 1 aliphatic heterocycles. The minimum Gasteiger partial charge on any atom is -0.370 e. The Hall–Kier alpha value is -2.11. The molecule has 132 valence electrons. The Morgan fingerprint density at radius 1 is 1.32 bits per heavy atom. The molecular weight excluding hydrogens is 338 g/mol. The highest BCUT2D eigenvalue weighted by Gasteiger charge is 2.23. The third kappa shape index (κ3) is 4.11. The van der Waals surface area contributed by atoms with Crippen LogP contribution in [0.5, 0.6) is 0 Å². The van der Waals surface area contributed by atoms with Gasteiger partial charge in [-0.15, -0.1) is 0 Å². The Morgan fingerprint density at radius 3 is 2.72 bits per heavy atom. The van der Waals surface area contributed by atoms with E-state index in [4.69, 9.17) is 16.3 Å². The number of pyridine rings is 1. The summed E-state index contributed by atoms with van der Waals surface area (Å²) < 4.78 is 5.89. The number of nitrogens with zero attached hydrogens (tertiary/aromatic N) is 3. The van der Waals surface area contributed by atoms with Crippen molar-refractivity contribution in [1.82, 2.24) is 9.88 Å². The lowest BCUT2D eigenvalue weighted by atomic mass is 10.1. The summed E-state index contributed by atoms with van der Waals surface area (Å²) in [4.78, 5) is 20.5. The number of hydrogen-bond acceptors (Lipinski definition) is 4. The number of hydrogen-bond donors (Lipinski definition) is 0. The second kappa shape index (κ2) is 7.85. The Balaban J connectivity index is 1.71. The molecule has 5 nitrogen and oxygen atoms in total. The number of halogens is 1. The molecule has 2 heterocycles. The van der Waals surface area contributed by atoms with Gasteiger partial charge in [-0.25, -0.2) is 4.98 Å². The molecule has 6 heteroatoms. The zero-order valence-electron chi connectivity index (χ0n) is 14.5. The molecule has 0 bridgehead atoms. The van der Waals surface area contributed by atoms with E-state index in [-0.39, 0.29) is 12.0 Å². The fourth-order valence-electron chi connectivity index (χ4n) is 2.80. The first-order chi connectivity index (χ1) is 12.1. The lowest BCUT2D eigenvalue weighted by Gasteiger charge is -2.34. The van der Waals surface area contributed by atoms with Crippen LogP contribution in [0.25, 0.3) is 0 Å². The highest BCUT2D eigenvalue weighted by Crippen LogP contribution is 2.26. The first kappa shape index (κ1) is 17.7. The number of benzene rings is 1. The minimum absolute atomic E-state index is 0.0115. The zero-order valence-corrected chi connectivity index (χ0v) is 15.2. The highest BCUT2D eigenvalue weighted by molar-refractivity contribution is 6.30. The van der Waals surface area contributed by atoms with Gasteiger partial charge in [-0.3, -0.25) is 4.79 Å². The average molecular weight is 360 g/mol. The number of aromatic nitrogens is 1. The van der Waals surface area contributed by atoms with E-state index in [2.05, 4.69) is 9.88 Å². The largest absolute Gasteiger partial charge is 0.370 e. The van der Waals surface area contributed by atoms with Gasteiger partial charge in [0, 0.05) is 37.9 Å². The molecule has 1 fully saturated rings. The fraction of sp³-hybridized carbons (Fsp3) is 0.368. The Morgan fingerprint density at radius 2 is 2.08 bits per heavy atom. The van der Waals surface area contributed by atoms with Crippen LogP contribution in [-0.4, -0.2) is 49.1 Å². The average Bonchev–Trinajstić information content (AvgIpc) is 2.67. The molecule has 3 rings (SSSR count). The number of carbonyl (C=O) groups is 1. The summed E-state index contributed by atoms with van der Waals surface area (Å²) in [5.41, 5.74) is 1.71. The Labute approximate surface area is 153 Å². The summed E-state index contributed by atoms with van der Waals surface area (Å²) in [6, 6.07) is 11.5. The molecule has 1 atom stereocenters. The molecule has 0 saturated carbocycles. The van der Waals surface area contributed by atoms with Crippen molar-refractivity contribution in [2.24, 2.45) is 0 Å². The van der Waals surface area contributed by atoms with E-state index >= 15 is 0 Å². The van der Waals surface area contributed by atoms with Crippen LogP contribution in [0.4, 0.5) is 5.82 Å². The number of carbonyl (C=O) groups excluding carboxylic acids is 1. The number of ether oxygens (including phenoxy) is 1. The van der Waals surface area contributed by atoms with Crippen LogP contribution in [0.2, 0.25) is 5.02 Å². The lowest BCUT2D eigenvalue weighted by molar-refractivity contribution is 0.0395. The van der Waals surface area contributed by atoms with Gasteiger partial charge >= 0.3 is 0 Å². The van der Waals surface area contributed by atoms with Gasteiger partial charge < -0.3 is 14.5 Å². The van der Waals surface area contributed by atoms with E-state index in [1.807, 2.05) is 43.3 Å². The van der Waals surface area contributed by atoms with Gasteiger partial charge in [0.05, 0.1) is 12.2 Å². The van der Waals surface area contributed by atoms with Crippen LogP contribution in [0, 0.1) is 0 Å². The second-order valence-electron chi connectivity index (χ2n) is 6.08. The molecule has 2 aromatic rings. The topological polar surface area (TPSA) is 45.7 Å². The summed E-state index contributed by atoms with van der Waals surface area (Å²) in [5, 5.41) is 0.718. The second-order valence-corrected chi connectivity index (χ2v) is 6.52. The first-order valence-electron chi connectivity index (χ1n) is 8.42. The van der Waals surface area contributed by atoms with Gasteiger partial charge in [-0.1, -0.05) is 23.7 Å². The van der Waals surface area contributed by atoms with Crippen LogP contribution >= 0.6 is 11.6 Å². The number of anilines is 1. The molecule has 1 aromatic heterocycles. The zero-order chi connectivity index (χ0) is 17.8. The molecule has 25 heavy (non-hydrogen) atoms. The van der Waals surface area contributed by atoms with Crippen molar-refractivity contribution in [3.05, 3.63) is 58.7 Å². The van der Waals surface area contributed by atoms with Crippen molar-refractivity contribution in [1.29, 1.82) is 0 Å². The predicted octanol–water partition coefficient (Wildman–Crippen LogP) is 3.40. The standard InChI is InChI=1S/C19H22ClN3O2/c1-3-22(2)19(24)15-6-9-18(21-12-15)23-10-11-25-17(13-23)14-4-7-16(20)8-5-14/h4-9,12,17H,3,10-11,13H2,1-2H3/t17-/m1/s1. The molecule has 0 N–H and O–H groups in total. The quantitative estimate of drug-likeness (QED) is 0.839. The maximum Gasteiger partial charge on any atom is 0.255 e. The maximum atomic E-state index is 12.2. The van der Waals surface area contributed by atoms with Gasteiger partial charge in [-0.05, 0) is 36.8 Å². The fourth-order valence-corrected chi connectivity index (χ4v) is 2.93. The third-order valence-corrected chi connectivity index (χ3v) is 4.70. The normalized spacial score (nSPS) is 17.4. The van der Waals surface area contributed by atoms with Crippen LogP contribution < -0.4 is 4.90 Å². The Kier molecular flexibility index (Phi) is 5.56. The maximum absolute atomic E-state index is 12.2. The molecule has 0 spiro atoms. The van der Waals surface area contributed by atoms with E-state index in [0.717, 1.165) is 29.5 Å². The van der Waals surface area contributed by atoms with Gasteiger partial charge in [0.15, 0.2) is 0 Å². The van der Waals surface area contributed by atoms with Gasteiger partial charge in [-0.2, -0.15) is 0 Å². The summed E-state index contributed by atoms with van der Waals surface area (Å²) in [6.45, 7) is 4.75. The predicted molar refractivity (Wildman–Crippen MR) is 99.2 cm³/mol. The summed E-state index contributed by atoms with van der Waals surface area (Å²) in [5.74, 6) is 0.848. The molecule has 1 saturated heterocycles. The van der Waals surface area contributed by atoms with E-state index in [0.29, 0.717) is 18.7 Å². The van der Waals surface area contributed by atoms with Crippen LogP contribution in [0.1, 0.15) is 28.9 Å². The monoisotopic (exact) mass is 359 g/mol. The number of amides is 1. The third-order valence-electron chi connectivity index (χ3n) is 4.45. The highest BCUT2D eigenvalue weighted by atomic mass is 35.5. The summed E-state index contributed by atoms with van der Waals surface area (Å²) in [7, 11) is 1.79. The summed E-state index contributed by atoms with van der Waals surface area (Å²) in [6.07, 6.45) is 1.64. The molecule has 0 aliphatic carbocycles. The van der Waals surface area contributed by atoms with Gasteiger partial charge in [0.25, 0.3) is 5.91 Å². The molecule has 1 aliphatic rings. The molecule has 0 radical (unpaired) electrons. The number of rotatable bonds is 4. The van der Waals surface area contributed by atoms with Crippen LogP contribution in [-0.2, 0) is 4.74 Å². The minimum atomic E-state index is -0.0136. The van der Waals surface area contributed by atoms with Crippen LogP contribution in [0.3, 0.4) is 0 Å². The van der Waals surface area contributed by atoms with Crippen molar-refractivity contribution in [2.45, 2.75) is 13.0 Å². The van der Waals surface area contributed by atoms with Crippen molar-refractivity contribution in [2.75, 3.05) is 38.2 Å². The molecule has 0 unspecified atom stereocenters. The van der Waals surface area contributed by atoms with E-state index in [1.165, 1.54) is 0 Å². The van der Waals surface area contributed by atoms with Crippen molar-refractivity contribution in [3.8, 4) is 0 Å². The van der Waals surface area contributed by atoms with Crippen LogP contribution in [0.15, 0.2) is 42.6 Å².